The van der Waals surface area contributed by atoms with Crippen LogP contribution in [0.2, 0.25) is 0 Å². The Labute approximate surface area is 125 Å². The monoisotopic (exact) mass is 302 g/mol. The van der Waals surface area contributed by atoms with Gasteiger partial charge in [0.05, 0.1) is 24.7 Å². The van der Waals surface area contributed by atoms with E-state index in [2.05, 4.69) is 25.0 Å². The Morgan fingerprint density at radius 1 is 1.38 bits per heavy atom. The van der Waals surface area contributed by atoms with Gasteiger partial charge in [-0.1, -0.05) is 11.3 Å². The maximum atomic E-state index is 5.02. The van der Waals surface area contributed by atoms with E-state index in [0.717, 1.165) is 22.3 Å². The molecule has 2 aromatic heterocycles. The summed E-state index contributed by atoms with van der Waals surface area (Å²) in [5.74, 6) is 0.789. The maximum Gasteiger partial charge on any atom is 0.207 e. The summed E-state index contributed by atoms with van der Waals surface area (Å²) >= 11 is 1.34. The number of nitrogens with one attached hydrogen (secondary N) is 1. The van der Waals surface area contributed by atoms with Crippen LogP contribution in [-0.4, -0.2) is 38.1 Å². The number of methoxy groups -OCH3 is 1. The second kappa shape index (κ2) is 6.42. The summed E-state index contributed by atoms with van der Waals surface area (Å²) < 4.78 is 11.0. The molecule has 0 bridgehead atoms. The quantitative estimate of drug-likeness (QED) is 0.751. The smallest absolute Gasteiger partial charge is 0.207 e. The molecule has 0 aliphatic heterocycles. The van der Waals surface area contributed by atoms with Gasteiger partial charge < -0.3 is 10.1 Å². The largest absolute Gasteiger partial charge is 0.384 e. The van der Waals surface area contributed by atoms with Crippen molar-refractivity contribution < 1.29 is 4.74 Å². The van der Waals surface area contributed by atoms with Crippen molar-refractivity contribution in [3.05, 3.63) is 42.5 Å². The number of hydrogen-bond acceptors (Lipinski definition) is 7. The van der Waals surface area contributed by atoms with E-state index in [1.807, 2.05) is 24.3 Å². The Balaban J connectivity index is 1.73. The third-order valence-corrected chi connectivity index (χ3v) is 3.45. The lowest BCUT2D eigenvalue weighted by Crippen LogP contribution is -1.98. The Morgan fingerprint density at radius 2 is 2.33 bits per heavy atom. The summed E-state index contributed by atoms with van der Waals surface area (Å²) in [6.45, 7) is 0.623. The zero-order valence-electron chi connectivity index (χ0n) is 11.4. The lowest BCUT2D eigenvalue weighted by atomic mass is 10.3. The van der Waals surface area contributed by atoms with Gasteiger partial charge in [-0.2, -0.15) is 4.37 Å². The first-order valence-corrected chi connectivity index (χ1v) is 7.18. The fraction of sp³-hybridized carbons (Fsp3) is 0.231. The number of aromatic nitrogens is 5. The van der Waals surface area contributed by atoms with Crippen molar-refractivity contribution in [2.45, 2.75) is 6.42 Å². The van der Waals surface area contributed by atoms with Crippen LogP contribution in [0.3, 0.4) is 0 Å². The van der Waals surface area contributed by atoms with Crippen molar-refractivity contribution in [1.82, 2.24) is 24.4 Å². The topological polar surface area (TPSA) is 77.8 Å². The van der Waals surface area contributed by atoms with Crippen molar-refractivity contribution in [1.29, 1.82) is 0 Å². The van der Waals surface area contributed by atoms with Crippen LogP contribution in [0, 0.1) is 0 Å². The van der Waals surface area contributed by atoms with Gasteiger partial charge in [-0.15, -0.1) is 5.10 Å². The lowest BCUT2D eigenvalue weighted by molar-refractivity contribution is 0.201. The summed E-state index contributed by atoms with van der Waals surface area (Å²) in [5, 5.41) is 11.8. The average Bonchev–Trinajstić information content (AvgIpc) is 3.17. The predicted molar refractivity (Wildman–Crippen MR) is 80.1 cm³/mol. The van der Waals surface area contributed by atoms with Gasteiger partial charge >= 0.3 is 0 Å². The van der Waals surface area contributed by atoms with Gasteiger partial charge in [0.1, 0.15) is 5.82 Å². The van der Waals surface area contributed by atoms with Gasteiger partial charge in [0, 0.05) is 30.8 Å². The Bertz CT molecular complexity index is 696. The van der Waals surface area contributed by atoms with Crippen LogP contribution >= 0.6 is 11.5 Å². The van der Waals surface area contributed by atoms with Crippen LogP contribution in [0.5, 0.6) is 0 Å². The standard InChI is InChI=1S/C13H14N6OS/c1-20-8-5-12-16-13(21-17-12)15-10-3-2-4-11(9-10)19-7-6-14-18-19/h2-4,6-7,9H,5,8H2,1H3,(H,15,16,17). The van der Waals surface area contributed by atoms with Gasteiger partial charge in [-0.25, -0.2) is 9.67 Å². The fourth-order valence-corrected chi connectivity index (χ4v) is 2.43. The predicted octanol–water partition coefficient (Wildman–Crippen LogP) is 2.05. The number of ether oxygens (including phenoxy) is 1. The molecule has 8 heteroatoms. The molecule has 2 heterocycles. The molecule has 0 saturated heterocycles. The highest BCUT2D eigenvalue weighted by molar-refractivity contribution is 7.09. The zero-order chi connectivity index (χ0) is 14.5. The molecule has 0 radical (unpaired) electrons. The molecule has 0 aliphatic carbocycles. The van der Waals surface area contributed by atoms with E-state index in [-0.39, 0.29) is 0 Å². The maximum absolute atomic E-state index is 5.02. The van der Waals surface area contributed by atoms with E-state index < -0.39 is 0 Å². The van der Waals surface area contributed by atoms with Crippen LogP contribution < -0.4 is 5.32 Å². The second-order valence-corrected chi connectivity index (χ2v) is 5.03. The number of nitrogens with zero attached hydrogens (tertiary/aromatic N) is 5. The highest BCUT2D eigenvalue weighted by Crippen LogP contribution is 2.20. The molecule has 0 fully saturated rings. The Kier molecular flexibility index (Phi) is 4.17. The van der Waals surface area contributed by atoms with Gasteiger partial charge in [0.15, 0.2) is 0 Å². The highest BCUT2D eigenvalue weighted by atomic mass is 32.1. The van der Waals surface area contributed by atoms with E-state index in [1.165, 1.54) is 11.5 Å². The van der Waals surface area contributed by atoms with Crippen LogP contribution in [0.15, 0.2) is 36.7 Å². The van der Waals surface area contributed by atoms with E-state index in [4.69, 9.17) is 4.74 Å². The molecule has 3 aromatic rings. The van der Waals surface area contributed by atoms with Crippen molar-refractivity contribution in [3.63, 3.8) is 0 Å². The minimum Gasteiger partial charge on any atom is -0.384 e. The highest BCUT2D eigenvalue weighted by Gasteiger charge is 2.05. The molecule has 0 amide bonds. The number of benzene rings is 1. The van der Waals surface area contributed by atoms with E-state index in [1.54, 1.807) is 24.2 Å². The fourth-order valence-electron chi connectivity index (χ4n) is 1.80. The molecular weight excluding hydrogens is 288 g/mol. The molecule has 108 valence electrons. The molecule has 0 spiro atoms. The molecule has 21 heavy (non-hydrogen) atoms. The first-order valence-electron chi connectivity index (χ1n) is 6.40. The minimum absolute atomic E-state index is 0.623. The van der Waals surface area contributed by atoms with Crippen LogP contribution in [0.1, 0.15) is 5.82 Å². The van der Waals surface area contributed by atoms with Crippen LogP contribution in [0.4, 0.5) is 10.8 Å². The van der Waals surface area contributed by atoms with Crippen molar-refractivity contribution >= 4 is 22.4 Å². The molecule has 0 aliphatic rings. The summed E-state index contributed by atoms with van der Waals surface area (Å²) in [6, 6.07) is 7.86. The summed E-state index contributed by atoms with van der Waals surface area (Å²) in [5.41, 5.74) is 1.86. The Morgan fingerprint density at radius 3 is 3.14 bits per heavy atom. The lowest BCUT2D eigenvalue weighted by Gasteiger charge is -2.05. The van der Waals surface area contributed by atoms with Crippen molar-refractivity contribution in [2.75, 3.05) is 19.0 Å². The zero-order valence-corrected chi connectivity index (χ0v) is 12.2. The minimum atomic E-state index is 0.623. The van der Waals surface area contributed by atoms with Gasteiger partial charge in [0.2, 0.25) is 5.13 Å². The van der Waals surface area contributed by atoms with Gasteiger partial charge in [0.25, 0.3) is 0 Å². The van der Waals surface area contributed by atoms with Gasteiger partial charge in [-0.05, 0) is 18.2 Å². The Hall–Kier alpha value is -2.32. The van der Waals surface area contributed by atoms with E-state index in [9.17, 15) is 0 Å². The molecular formula is C13H14N6OS. The number of anilines is 2. The summed E-state index contributed by atoms with van der Waals surface area (Å²) in [6.07, 6.45) is 4.16. The second-order valence-electron chi connectivity index (χ2n) is 4.28. The molecule has 1 N–H and O–H groups in total. The SMILES string of the molecule is COCCc1nsc(Nc2cccc(-n3ccnn3)c2)n1. The third kappa shape index (κ3) is 3.41. The average molecular weight is 302 g/mol. The molecule has 0 unspecified atom stereocenters. The van der Waals surface area contributed by atoms with E-state index in [0.29, 0.717) is 13.0 Å². The molecule has 1 aromatic carbocycles. The molecule has 0 saturated carbocycles. The molecule has 3 rings (SSSR count). The number of hydrogen-bond donors (Lipinski definition) is 1. The van der Waals surface area contributed by atoms with Gasteiger partial charge in [-0.3, -0.25) is 0 Å². The summed E-state index contributed by atoms with van der Waals surface area (Å²) in [7, 11) is 1.67. The summed E-state index contributed by atoms with van der Waals surface area (Å²) in [4.78, 5) is 4.42. The van der Waals surface area contributed by atoms with Crippen LogP contribution in [-0.2, 0) is 11.2 Å². The molecule has 0 atom stereocenters. The van der Waals surface area contributed by atoms with Crippen molar-refractivity contribution in [2.24, 2.45) is 0 Å². The first kappa shape index (κ1) is 13.7. The van der Waals surface area contributed by atoms with Crippen LogP contribution in [0.25, 0.3) is 5.69 Å². The van der Waals surface area contributed by atoms with E-state index >= 15 is 0 Å². The third-order valence-electron chi connectivity index (χ3n) is 2.78. The first-order chi connectivity index (χ1) is 10.3. The molecule has 7 nitrogen and oxygen atoms in total. The van der Waals surface area contributed by atoms with Crippen molar-refractivity contribution in [3.8, 4) is 5.69 Å². The number of rotatable bonds is 6. The normalized spacial score (nSPS) is 10.7.